The minimum Gasteiger partial charge on any atom is -0.396 e. The molecule has 176 valence electrons. The Labute approximate surface area is 195 Å². The normalized spacial score (nSPS) is 13.0. The van der Waals surface area contributed by atoms with Gasteiger partial charge in [0.2, 0.25) is 0 Å². The molecule has 0 fully saturated rings. The first-order chi connectivity index (χ1) is 16.0. The molecule has 6 nitrogen and oxygen atoms in total. The van der Waals surface area contributed by atoms with Gasteiger partial charge in [0.25, 0.3) is 10.1 Å². The summed E-state index contributed by atoms with van der Waals surface area (Å²) in [5, 5.41) is 9.54. The fourth-order valence-electron chi connectivity index (χ4n) is 3.75. The Kier molecular flexibility index (Phi) is 9.17. The third kappa shape index (κ3) is 6.96. The smallest absolute Gasteiger partial charge is 0.264 e. The van der Waals surface area contributed by atoms with Gasteiger partial charge in [0, 0.05) is 6.61 Å². The Hall–Kier alpha value is -2.55. The third-order valence-electron chi connectivity index (χ3n) is 5.21. The van der Waals surface area contributed by atoms with E-state index in [0.29, 0.717) is 6.42 Å². The van der Waals surface area contributed by atoms with E-state index in [1.54, 1.807) is 0 Å². The molecule has 3 rings (SSSR count). The quantitative estimate of drug-likeness (QED) is 0.233. The highest BCUT2D eigenvalue weighted by Crippen LogP contribution is 2.40. The number of ether oxygens (including phenoxy) is 2. The van der Waals surface area contributed by atoms with Crippen molar-refractivity contribution in [2.24, 2.45) is 0 Å². The predicted molar refractivity (Wildman–Crippen MR) is 127 cm³/mol. The van der Waals surface area contributed by atoms with E-state index in [4.69, 9.17) is 13.7 Å². The van der Waals surface area contributed by atoms with Gasteiger partial charge in [-0.2, -0.15) is 8.42 Å². The highest BCUT2D eigenvalue weighted by Gasteiger charge is 2.38. The minimum absolute atomic E-state index is 0.0656. The molecule has 0 unspecified atom stereocenters. The molecule has 0 amide bonds. The summed E-state index contributed by atoms with van der Waals surface area (Å²) in [6, 6.07) is 29.9. The van der Waals surface area contributed by atoms with Crippen LogP contribution in [0.2, 0.25) is 0 Å². The number of hydrogen-bond donors (Lipinski definition) is 1. The largest absolute Gasteiger partial charge is 0.396 e. The molecule has 3 aromatic carbocycles. The van der Waals surface area contributed by atoms with Gasteiger partial charge in [0.05, 0.1) is 32.2 Å². The number of hydrogen-bond acceptors (Lipinski definition) is 6. The summed E-state index contributed by atoms with van der Waals surface area (Å²) in [6.07, 6.45) is 0.886. The summed E-state index contributed by atoms with van der Waals surface area (Å²) < 4.78 is 39.6. The van der Waals surface area contributed by atoms with E-state index in [2.05, 4.69) is 0 Å². The number of aliphatic hydroxyl groups is 1. The van der Waals surface area contributed by atoms with Crippen molar-refractivity contribution in [1.82, 2.24) is 0 Å². The maximum absolute atomic E-state index is 11.2. The lowest BCUT2D eigenvalue weighted by atomic mass is 9.80. The van der Waals surface area contributed by atoms with Crippen LogP contribution in [0.3, 0.4) is 0 Å². The maximum atomic E-state index is 11.2. The topological polar surface area (TPSA) is 82.1 Å². The molecule has 1 N–H and O–H groups in total. The average Bonchev–Trinajstić information content (AvgIpc) is 2.83. The average molecular weight is 471 g/mol. The summed E-state index contributed by atoms with van der Waals surface area (Å²) in [6.45, 7) is 0.0617. The SMILES string of the molecule is CS(=O)(=O)OCCO[C@@H](CCO)COC(c1ccccc1)(c1ccccc1)c1ccccc1. The molecule has 0 saturated carbocycles. The standard InChI is InChI=1S/C26H30O6S/c1-33(28,29)32-20-19-30-25(17-18-27)21-31-26(22-11-5-2-6-12-22,23-13-7-3-8-14-23)24-15-9-4-10-16-24/h2-16,25,27H,17-21H2,1H3/t25-/m0/s1. The molecule has 0 radical (unpaired) electrons. The lowest BCUT2D eigenvalue weighted by molar-refractivity contribution is -0.0747. The van der Waals surface area contributed by atoms with Gasteiger partial charge in [-0.1, -0.05) is 91.0 Å². The van der Waals surface area contributed by atoms with Gasteiger partial charge in [-0.3, -0.25) is 4.18 Å². The maximum Gasteiger partial charge on any atom is 0.264 e. The van der Waals surface area contributed by atoms with Crippen LogP contribution in [-0.2, 0) is 29.4 Å². The molecule has 0 aromatic heterocycles. The van der Waals surface area contributed by atoms with Crippen LogP contribution < -0.4 is 0 Å². The van der Waals surface area contributed by atoms with E-state index in [1.807, 2.05) is 91.0 Å². The van der Waals surface area contributed by atoms with E-state index in [1.165, 1.54) is 0 Å². The van der Waals surface area contributed by atoms with Crippen molar-refractivity contribution in [3.63, 3.8) is 0 Å². The van der Waals surface area contributed by atoms with Gasteiger partial charge in [-0.15, -0.1) is 0 Å². The number of benzene rings is 3. The van der Waals surface area contributed by atoms with E-state index in [0.717, 1.165) is 22.9 Å². The number of rotatable bonds is 13. The molecule has 33 heavy (non-hydrogen) atoms. The van der Waals surface area contributed by atoms with Crippen LogP contribution in [0.1, 0.15) is 23.1 Å². The molecule has 0 heterocycles. The first-order valence-corrected chi connectivity index (χ1v) is 12.6. The van der Waals surface area contributed by atoms with Crippen molar-refractivity contribution in [2.45, 2.75) is 18.1 Å². The van der Waals surface area contributed by atoms with E-state index in [-0.39, 0.29) is 26.4 Å². The van der Waals surface area contributed by atoms with Crippen molar-refractivity contribution in [3.8, 4) is 0 Å². The van der Waals surface area contributed by atoms with Crippen LogP contribution in [0.4, 0.5) is 0 Å². The zero-order valence-electron chi connectivity index (χ0n) is 18.7. The van der Waals surface area contributed by atoms with Crippen molar-refractivity contribution < 1.29 is 27.2 Å². The molecule has 0 aliphatic heterocycles. The van der Waals surface area contributed by atoms with Gasteiger partial charge in [0.15, 0.2) is 0 Å². The van der Waals surface area contributed by atoms with Crippen molar-refractivity contribution >= 4 is 10.1 Å². The summed E-state index contributed by atoms with van der Waals surface area (Å²) in [7, 11) is -3.54. The zero-order chi connectivity index (χ0) is 23.6. The molecular weight excluding hydrogens is 440 g/mol. The first kappa shape index (κ1) is 25.1. The number of aliphatic hydroxyl groups excluding tert-OH is 1. The van der Waals surface area contributed by atoms with Crippen LogP contribution in [0.25, 0.3) is 0 Å². The molecule has 0 aliphatic carbocycles. The lowest BCUT2D eigenvalue weighted by Crippen LogP contribution is -2.37. The molecular formula is C26H30O6S. The Morgan fingerprint density at radius 3 is 1.64 bits per heavy atom. The molecule has 0 saturated heterocycles. The lowest BCUT2D eigenvalue weighted by Gasteiger charge is -2.37. The van der Waals surface area contributed by atoms with E-state index in [9.17, 15) is 13.5 Å². The highest BCUT2D eigenvalue weighted by molar-refractivity contribution is 7.85. The van der Waals surface area contributed by atoms with Crippen LogP contribution >= 0.6 is 0 Å². The second-order valence-corrected chi connectivity index (χ2v) is 9.27. The monoisotopic (exact) mass is 470 g/mol. The summed E-state index contributed by atoms with van der Waals surface area (Å²) in [5.74, 6) is 0. The second-order valence-electron chi connectivity index (χ2n) is 7.62. The van der Waals surface area contributed by atoms with Crippen LogP contribution in [0.15, 0.2) is 91.0 Å². The Balaban J connectivity index is 1.92. The molecule has 3 aromatic rings. The van der Waals surface area contributed by atoms with Crippen molar-refractivity contribution in [3.05, 3.63) is 108 Å². The summed E-state index contributed by atoms with van der Waals surface area (Å²) >= 11 is 0. The first-order valence-electron chi connectivity index (χ1n) is 10.8. The molecule has 0 aliphatic rings. The Morgan fingerprint density at radius 1 is 0.788 bits per heavy atom. The van der Waals surface area contributed by atoms with Gasteiger partial charge in [0.1, 0.15) is 5.60 Å². The van der Waals surface area contributed by atoms with Crippen molar-refractivity contribution in [2.75, 3.05) is 32.7 Å². The van der Waals surface area contributed by atoms with Crippen LogP contribution in [-0.4, -0.2) is 52.3 Å². The van der Waals surface area contributed by atoms with Crippen LogP contribution in [0, 0.1) is 0 Å². The predicted octanol–water partition coefficient (Wildman–Crippen LogP) is 3.74. The minimum atomic E-state index is -3.54. The Morgan fingerprint density at radius 2 is 1.24 bits per heavy atom. The summed E-state index contributed by atoms with van der Waals surface area (Å²) in [5.41, 5.74) is 1.99. The molecule has 0 bridgehead atoms. The molecule has 7 heteroatoms. The molecule has 1 atom stereocenters. The second kappa shape index (κ2) is 12.1. The van der Waals surface area contributed by atoms with Gasteiger partial charge in [-0.05, 0) is 23.1 Å². The highest BCUT2D eigenvalue weighted by atomic mass is 32.2. The van der Waals surface area contributed by atoms with Gasteiger partial charge >= 0.3 is 0 Å². The fourth-order valence-corrected chi connectivity index (χ4v) is 4.12. The van der Waals surface area contributed by atoms with Crippen LogP contribution in [0.5, 0.6) is 0 Å². The zero-order valence-corrected chi connectivity index (χ0v) is 19.5. The summed E-state index contributed by atoms with van der Waals surface area (Å²) in [4.78, 5) is 0. The van der Waals surface area contributed by atoms with Gasteiger partial charge in [-0.25, -0.2) is 0 Å². The van der Waals surface area contributed by atoms with Crippen molar-refractivity contribution in [1.29, 1.82) is 0 Å². The molecule has 0 spiro atoms. The third-order valence-corrected chi connectivity index (χ3v) is 5.81. The fraction of sp³-hybridized carbons (Fsp3) is 0.308. The van der Waals surface area contributed by atoms with E-state index < -0.39 is 21.8 Å². The van der Waals surface area contributed by atoms with Gasteiger partial charge < -0.3 is 14.6 Å². The Bertz CT molecular complexity index is 959. The van der Waals surface area contributed by atoms with E-state index >= 15 is 0 Å².